The van der Waals surface area contributed by atoms with Crippen molar-refractivity contribution < 1.29 is 23.9 Å². The third-order valence-electron chi connectivity index (χ3n) is 4.39. The van der Waals surface area contributed by atoms with Crippen LogP contribution in [0.25, 0.3) is 6.08 Å². The van der Waals surface area contributed by atoms with Crippen LogP contribution in [0.2, 0.25) is 0 Å². The van der Waals surface area contributed by atoms with Gasteiger partial charge in [-0.2, -0.15) is 0 Å². The van der Waals surface area contributed by atoms with Crippen LogP contribution in [0.15, 0.2) is 41.3 Å². The van der Waals surface area contributed by atoms with Crippen LogP contribution >= 0.6 is 11.8 Å². The first-order chi connectivity index (χ1) is 13.8. The van der Waals surface area contributed by atoms with Crippen LogP contribution in [-0.2, 0) is 14.3 Å². The second-order valence-electron chi connectivity index (χ2n) is 6.31. The SMILES string of the molecule is COC(=O)CN1C(=O)S/C(=C/c2cc(C)n(NC(=O)c3ccccc3)c2C)C1=O. The first-order valence-electron chi connectivity index (χ1n) is 8.69. The molecule has 0 unspecified atom stereocenters. The molecule has 1 N–H and O–H groups in total. The number of esters is 1. The summed E-state index contributed by atoms with van der Waals surface area (Å²) < 4.78 is 6.14. The largest absolute Gasteiger partial charge is 0.468 e. The van der Waals surface area contributed by atoms with Gasteiger partial charge in [0.1, 0.15) is 6.54 Å². The molecule has 1 aromatic carbocycles. The molecule has 1 saturated heterocycles. The van der Waals surface area contributed by atoms with E-state index in [0.29, 0.717) is 16.8 Å². The number of ether oxygens (including phenoxy) is 1. The number of hydrogen-bond acceptors (Lipinski definition) is 6. The van der Waals surface area contributed by atoms with Crippen LogP contribution in [0.4, 0.5) is 4.79 Å². The number of thioether (sulfide) groups is 1. The number of nitrogens with one attached hydrogen (secondary N) is 1. The first-order valence-corrected chi connectivity index (χ1v) is 9.51. The molecule has 2 aromatic rings. The van der Waals surface area contributed by atoms with Crippen LogP contribution < -0.4 is 5.43 Å². The number of aromatic nitrogens is 1. The van der Waals surface area contributed by atoms with E-state index < -0.39 is 23.7 Å². The molecule has 2 heterocycles. The van der Waals surface area contributed by atoms with Gasteiger partial charge in [0.25, 0.3) is 17.1 Å². The second-order valence-corrected chi connectivity index (χ2v) is 7.31. The molecule has 8 nitrogen and oxygen atoms in total. The van der Waals surface area contributed by atoms with Gasteiger partial charge < -0.3 is 4.74 Å². The molecule has 1 aliphatic heterocycles. The van der Waals surface area contributed by atoms with Gasteiger partial charge in [-0.3, -0.25) is 34.2 Å². The predicted molar refractivity (Wildman–Crippen MR) is 109 cm³/mol. The van der Waals surface area contributed by atoms with E-state index in [-0.39, 0.29) is 10.8 Å². The summed E-state index contributed by atoms with van der Waals surface area (Å²) in [4.78, 5) is 49.4. The topological polar surface area (TPSA) is 97.7 Å². The summed E-state index contributed by atoms with van der Waals surface area (Å²) in [5.41, 5.74) is 5.48. The zero-order valence-electron chi connectivity index (χ0n) is 16.1. The van der Waals surface area contributed by atoms with Crippen molar-refractivity contribution in [3.05, 3.63) is 63.8 Å². The Kier molecular flexibility index (Phi) is 5.88. The Morgan fingerprint density at radius 1 is 1.17 bits per heavy atom. The third kappa shape index (κ3) is 4.24. The van der Waals surface area contributed by atoms with E-state index in [2.05, 4.69) is 10.2 Å². The molecule has 1 aromatic heterocycles. The summed E-state index contributed by atoms with van der Waals surface area (Å²) in [7, 11) is 1.19. The molecule has 0 bridgehead atoms. The fourth-order valence-electron chi connectivity index (χ4n) is 2.83. The molecule has 0 spiro atoms. The smallest absolute Gasteiger partial charge is 0.325 e. The lowest BCUT2D eigenvalue weighted by atomic mass is 10.2. The number of hydrogen-bond donors (Lipinski definition) is 1. The lowest BCUT2D eigenvalue weighted by molar-refractivity contribution is -0.143. The average Bonchev–Trinajstić information content (AvgIpc) is 3.13. The van der Waals surface area contributed by atoms with E-state index in [1.807, 2.05) is 13.0 Å². The van der Waals surface area contributed by atoms with Crippen LogP contribution in [0.1, 0.15) is 27.3 Å². The monoisotopic (exact) mass is 413 g/mol. The summed E-state index contributed by atoms with van der Waals surface area (Å²) in [6, 6.07) is 10.6. The van der Waals surface area contributed by atoms with Gasteiger partial charge in [0.2, 0.25) is 0 Å². The summed E-state index contributed by atoms with van der Waals surface area (Å²) in [6.07, 6.45) is 1.58. The minimum Gasteiger partial charge on any atom is -0.468 e. The molecule has 0 saturated carbocycles. The molecule has 0 atom stereocenters. The van der Waals surface area contributed by atoms with Gasteiger partial charge in [-0.15, -0.1) is 0 Å². The maximum Gasteiger partial charge on any atom is 0.325 e. The maximum absolute atomic E-state index is 12.5. The van der Waals surface area contributed by atoms with Crippen molar-refractivity contribution in [2.45, 2.75) is 13.8 Å². The summed E-state index contributed by atoms with van der Waals surface area (Å²) >= 11 is 0.758. The van der Waals surface area contributed by atoms with Crippen molar-refractivity contribution >= 4 is 40.9 Å². The molecular formula is C20H19N3O5S. The van der Waals surface area contributed by atoms with Gasteiger partial charge in [-0.25, -0.2) is 0 Å². The van der Waals surface area contributed by atoms with E-state index in [9.17, 15) is 19.2 Å². The van der Waals surface area contributed by atoms with Crippen LogP contribution in [0.5, 0.6) is 0 Å². The van der Waals surface area contributed by atoms with Crippen molar-refractivity contribution in [3.8, 4) is 0 Å². The van der Waals surface area contributed by atoms with Gasteiger partial charge in [-0.1, -0.05) is 18.2 Å². The highest BCUT2D eigenvalue weighted by Gasteiger charge is 2.36. The highest BCUT2D eigenvalue weighted by Crippen LogP contribution is 2.33. The number of carbonyl (C=O) groups is 4. The molecule has 9 heteroatoms. The first kappa shape index (κ1) is 20.4. The lowest BCUT2D eigenvalue weighted by Gasteiger charge is -2.11. The number of rotatable bonds is 5. The highest BCUT2D eigenvalue weighted by atomic mass is 32.2. The predicted octanol–water partition coefficient (Wildman–Crippen LogP) is 2.70. The highest BCUT2D eigenvalue weighted by molar-refractivity contribution is 8.18. The molecule has 29 heavy (non-hydrogen) atoms. The zero-order valence-corrected chi connectivity index (χ0v) is 16.9. The average molecular weight is 413 g/mol. The van der Waals surface area contributed by atoms with E-state index in [1.54, 1.807) is 48.0 Å². The third-order valence-corrected chi connectivity index (χ3v) is 5.30. The Labute approximate surface area is 171 Å². The van der Waals surface area contributed by atoms with Gasteiger partial charge in [0.15, 0.2) is 0 Å². The second kappa shape index (κ2) is 8.36. The standard InChI is InChI=1S/C20H19N3O5S/c1-12-9-15(10-16-19(26)22(20(27)29-16)11-17(24)28-3)13(2)23(12)21-18(25)14-7-5-4-6-8-14/h4-10H,11H2,1-3H3,(H,21,25)/b16-10+. The molecular weight excluding hydrogens is 394 g/mol. The normalized spacial score (nSPS) is 15.1. The van der Waals surface area contributed by atoms with E-state index in [0.717, 1.165) is 22.4 Å². The molecule has 0 aliphatic carbocycles. The summed E-state index contributed by atoms with van der Waals surface area (Å²) in [5.74, 6) is -1.49. The van der Waals surface area contributed by atoms with Crippen molar-refractivity contribution in [1.29, 1.82) is 0 Å². The van der Waals surface area contributed by atoms with Crippen LogP contribution in [-0.4, -0.2) is 46.3 Å². The molecule has 1 fully saturated rings. The minimum atomic E-state index is -0.671. The summed E-state index contributed by atoms with van der Waals surface area (Å²) in [6.45, 7) is 3.19. The summed E-state index contributed by atoms with van der Waals surface area (Å²) in [5, 5.41) is -0.530. The van der Waals surface area contributed by atoms with Gasteiger partial charge in [0, 0.05) is 17.0 Å². The van der Waals surface area contributed by atoms with Crippen molar-refractivity contribution in [2.75, 3.05) is 19.1 Å². The Bertz CT molecular complexity index is 1030. The molecule has 0 radical (unpaired) electrons. The van der Waals surface area contributed by atoms with Gasteiger partial charge in [-0.05, 0) is 55.4 Å². The Morgan fingerprint density at radius 3 is 2.52 bits per heavy atom. The molecule has 3 rings (SSSR count). The van der Waals surface area contributed by atoms with Crippen molar-refractivity contribution in [1.82, 2.24) is 9.58 Å². The van der Waals surface area contributed by atoms with Crippen LogP contribution in [0, 0.1) is 13.8 Å². The van der Waals surface area contributed by atoms with Gasteiger partial charge >= 0.3 is 5.97 Å². The molecule has 1 aliphatic rings. The van der Waals surface area contributed by atoms with E-state index >= 15 is 0 Å². The number of nitrogens with zero attached hydrogens (tertiary/aromatic N) is 2. The quantitative estimate of drug-likeness (QED) is 0.598. The fraction of sp³-hybridized carbons (Fsp3) is 0.200. The number of carbonyl (C=O) groups excluding carboxylic acids is 4. The fourth-order valence-corrected chi connectivity index (χ4v) is 3.66. The Balaban J connectivity index is 1.83. The number of aryl methyl sites for hydroxylation is 1. The van der Waals surface area contributed by atoms with Crippen LogP contribution in [0.3, 0.4) is 0 Å². The Morgan fingerprint density at radius 2 is 1.86 bits per heavy atom. The molecule has 3 amide bonds. The Hall–Kier alpha value is -3.33. The van der Waals surface area contributed by atoms with Gasteiger partial charge in [0.05, 0.1) is 12.0 Å². The number of imide groups is 1. The van der Waals surface area contributed by atoms with E-state index in [1.165, 1.54) is 7.11 Å². The van der Waals surface area contributed by atoms with E-state index in [4.69, 9.17) is 0 Å². The minimum absolute atomic E-state index is 0.202. The number of amides is 3. The number of benzene rings is 1. The lowest BCUT2D eigenvalue weighted by Crippen LogP contribution is -2.34. The maximum atomic E-state index is 12.5. The number of methoxy groups -OCH3 is 1. The van der Waals surface area contributed by atoms with Crippen molar-refractivity contribution in [2.24, 2.45) is 0 Å². The molecule has 150 valence electrons. The van der Waals surface area contributed by atoms with Crippen molar-refractivity contribution in [3.63, 3.8) is 0 Å². The zero-order chi connectivity index (χ0) is 21.1.